The predicted molar refractivity (Wildman–Crippen MR) is 146 cm³/mol. The van der Waals surface area contributed by atoms with E-state index in [0.29, 0.717) is 28.6 Å². The summed E-state index contributed by atoms with van der Waals surface area (Å²) in [6.45, 7) is 6.81. The number of nitriles is 1. The summed E-state index contributed by atoms with van der Waals surface area (Å²) in [6.07, 6.45) is 2.11. The zero-order valence-electron chi connectivity index (χ0n) is 22.4. The van der Waals surface area contributed by atoms with Crippen molar-refractivity contribution in [1.82, 2.24) is 25.3 Å². The van der Waals surface area contributed by atoms with E-state index in [2.05, 4.69) is 32.7 Å². The normalized spacial score (nSPS) is 15.3. The molecule has 0 aliphatic carbocycles. The standard InChI is InChI=1S/C29H30N6O4/c1-29(2,3)39-28(37)31-15-25-23-12-18(7-8-21(23)27(36)34-33-25)24-14-32-35(4)26(24)22-11-17(5-6-19(22)13-30)20-9-10-38-16-20/h5-8,11-12,14,20H,9-10,15-16H2,1-4H3,(H,31,37)(H,34,36). The van der Waals surface area contributed by atoms with Crippen LogP contribution >= 0.6 is 0 Å². The van der Waals surface area contributed by atoms with Crippen molar-refractivity contribution in [1.29, 1.82) is 5.26 Å². The van der Waals surface area contributed by atoms with Gasteiger partial charge in [-0.15, -0.1) is 0 Å². The quantitative estimate of drug-likeness (QED) is 0.394. The van der Waals surface area contributed by atoms with E-state index in [0.717, 1.165) is 41.0 Å². The number of amides is 1. The summed E-state index contributed by atoms with van der Waals surface area (Å²) < 4.78 is 12.7. The smallest absolute Gasteiger partial charge is 0.407 e. The third-order valence-electron chi connectivity index (χ3n) is 6.74. The highest BCUT2D eigenvalue weighted by molar-refractivity contribution is 5.92. The maximum Gasteiger partial charge on any atom is 0.407 e. The molecule has 1 unspecified atom stereocenters. The number of nitrogens with one attached hydrogen (secondary N) is 2. The number of fused-ring (bicyclic) bond motifs is 1. The first-order chi connectivity index (χ1) is 18.6. The van der Waals surface area contributed by atoms with Crippen LogP contribution in [0.2, 0.25) is 0 Å². The number of carbonyl (C=O) groups excluding carboxylic acids is 1. The predicted octanol–water partition coefficient (Wildman–Crippen LogP) is 4.39. The summed E-state index contributed by atoms with van der Waals surface area (Å²) in [5, 5.41) is 24.9. The third-order valence-corrected chi connectivity index (χ3v) is 6.74. The van der Waals surface area contributed by atoms with Gasteiger partial charge in [0.25, 0.3) is 5.56 Å². The number of benzene rings is 2. The van der Waals surface area contributed by atoms with Gasteiger partial charge in [0.2, 0.25) is 0 Å². The van der Waals surface area contributed by atoms with Gasteiger partial charge in [-0.2, -0.15) is 15.5 Å². The first kappa shape index (κ1) is 26.1. The number of ether oxygens (including phenoxy) is 2. The topological polar surface area (TPSA) is 135 Å². The highest BCUT2D eigenvalue weighted by Gasteiger charge is 2.23. The Bertz CT molecular complexity index is 1650. The average Bonchev–Trinajstić information content (AvgIpc) is 3.57. The van der Waals surface area contributed by atoms with Gasteiger partial charge in [-0.1, -0.05) is 12.1 Å². The molecule has 10 nitrogen and oxygen atoms in total. The van der Waals surface area contributed by atoms with E-state index in [1.807, 2.05) is 31.3 Å². The van der Waals surface area contributed by atoms with E-state index >= 15 is 0 Å². The van der Waals surface area contributed by atoms with Crippen LogP contribution in [-0.2, 0) is 23.1 Å². The number of aromatic nitrogens is 4. The number of aryl methyl sites for hydroxylation is 1. The monoisotopic (exact) mass is 526 g/mol. The van der Waals surface area contributed by atoms with Crippen LogP contribution in [0.4, 0.5) is 4.79 Å². The first-order valence-electron chi connectivity index (χ1n) is 12.8. The molecule has 0 spiro atoms. The van der Waals surface area contributed by atoms with Crippen LogP contribution in [0, 0.1) is 11.3 Å². The second-order valence-corrected chi connectivity index (χ2v) is 10.6. The minimum atomic E-state index is -0.640. The molecule has 0 bridgehead atoms. The van der Waals surface area contributed by atoms with Crippen molar-refractivity contribution in [2.24, 2.45) is 7.05 Å². The van der Waals surface area contributed by atoms with Crippen molar-refractivity contribution in [3.05, 3.63) is 69.8 Å². The second-order valence-electron chi connectivity index (χ2n) is 10.6. The Balaban J connectivity index is 1.57. The Hall–Kier alpha value is -4.49. The fourth-order valence-electron chi connectivity index (χ4n) is 4.87. The van der Waals surface area contributed by atoms with E-state index in [1.54, 1.807) is 37.7 Å². The first-order valence-corrected chi connectivity index (χ1v) is 12.8. The van der Waals surface area contributed by atoms with Crippen LogP contribution < -0.4 is 10.9 Å². The maximum absolute atomic E-state index is 12.6. The van der Waals surface area contributed by atoms with Crippen LogP contribution in [0.3, 0.4) is 0 Å². The lowest BCUT2D eigenvalue weighted by Crippen LogP contribution is -2.32. The summed E-state index contributed by atoms with van der Waals surface area (Å²) in [4.78, 5) is 24.8. The molecule has 4 aromatic rings. The van der Waals surface area contributed by atoms with Crippen LogP contribution in [0.15, 0.2) is 47.4 Å². The van der Waals surface area contributed by atoms with E-state index in [1.165, 1.54) is 0 Å². The fourth-order valence-corrected chi connectivity index (χ4v) is 4.87. The lowest BCUT2D eigenvalue weighted by atomic mass is 9.91. The molecule has 3 heterocycles. The lowest BCUT2D eigenvalue weighted by Gasteiger charge is -2.19. The molecule has 2 aromatic carbocycles. The number of rotatable bonds is 5. The van der Waals surface area contributed by atoms with Gasteiger partial charge in [-0.05, 0) is 62.6 Å². The number of carbonyl (C=O) groups is 1. The number of aromatic amines is 1. The summed E-state index contributed by atoms with van der Waals surface area (Å²) >= 11 is 0. The molecule has 10 heteroatoms. The molecule has 39 heavy (non-hydrogen) atoms. The van der Waals surface area contributed by atoms with Gasteiger partial charge in [0, 0.05) is 36.1 Å². The zero-order chi connectivity index (χ0) is 27.7. The Morgan fingerprint density at radius 3 is 2.77 bits per heavy atom. The minimum Gasteiger partial charge on any atom is -0.444 e. The molecular formula is C29H30N6O4. The number of H-pyrrole nitrogens is 1. The SMILES string of the molecule is Cn1ncc(-c2ccc3c(=O)[nH]nc(CNC(=O)OC(C)(C)C)c3c2)c1-c1cc(C2CCOC2)ccc1C#N. The summed E-state index contributed by atoms with van der Waals surface area (Å²) in [6, 6.07) is 13.7. The van der Waals surface area contributed by atoms with Gasteiger partial charge in [-0.3, -0.25) is 9.48 Å². The molecule has 2 aromatic heterocycles. The number of alkyl carbamates (subject to hydrolysis) is 1. The summed E-state index contributed by atoms with van der Waals surface area (Å²) in [7, 11) is 1.84. The Kier molecular flexibility index (Phi) is 6.93. The average molecular weight is 527 g/mol. The van der Waals surface area contributed by atoms with Gasteiger partial charge < -0.3 is 14.8 Å². The highest BCUT2D eigenvalue weighted by atomic mass is 16.6. The molecule has 1 saturated heterocycles. The molecule has 0 radical (unpaired) electrons. The highest BCUT2D eigenvalue weighted by Crippen LogP contribution is 2.37. The van der Waals surface area contributed by atoms with Crippen molar-refractivity contribution in [2.75, 3.05) is 13.2 Å². The largest absolute Gasteiger partial charge is 0.444 e. The number of nitrogens with zero attached hydrogens (tertiary/aromatic N) is 4. The van der Waals surface area contributed by atoms with Crippen molar-refractivity contribution in [2.45, 2.75) is 45.3 Å². The van der Waals surface area contributed by atoms with Crippen molar-refractivity contribution in [3.63, 3.8) is 0 Å². The van der Waals surface area contributed by atoms with Crippen LogP contribution in [0.25, 0.3) is 33.2 Å². The fraction of sp³-hybridized carbons (Fsp3) is 0.345. The molecule has 2 N–H and O–H groups in total. The molecular weight excluding hydrogens is 496 g/mol. The van der Waals surface area contributed by atoms with Crippen LogP contribution in [0.1, 0.15) is 49.9 Å². The Morgan fingerprint density at radius 2 is 2.05 bits per heavy atom. The van der Waals surface area contributed by atoms with Gasteiger partial charge in [0.05, 0.1) is 47.8 Å². The van der Waals surface area contributed by atoms with Gasteiger partial charge in [0.15, 0.2) is 0 Å². The summed E-state index contributed by atoms with van der Waals surface area (Å²) in [5.74, 6) is 0.284. The third kappa shape index (κ3) is 5.40. The zero-order valence-corrected chi connectivity index (χ0v) is 22.4. The van der Waals surface area contributed by atoms with Crippen molar-refractivity contribution >= 4 is 16.9 Å². The molecule has 1 fully saturated rings. The van der Waals surface area contributed by atoms with Crippen LogP contribution in [0.5, 0.6) is 0 Å². The van der Waals surface area contributed by atoms with E-state index in [-0.39, 0.29) is 18.0 Å². The molecule has 1 amide bonds. The minimum absolute atomic E-state index is 0.0651. The van der Waals surface area contributed by atoms with Gasteiger partial charge in [0.1, 0.15) is 5.60 Å². The van der Waals surface area contributed by atoms with E-state index in [4.69, 9.17) is 9.47 Å². The Labute approximate surface area is 225 Å². The molecule has 1 atom stereocenters. The Morgan fingerprint density at radius 1 is 1.23 bits per heavy atom. The molecule has 0 saturated carbocycles. The molecule has 1 aliphatic rings. The molecule has 1 aliphatic heterocycles. The maximum atomic E-state index is 12.6. The molecule has 5 rings (SSSR count). The van der Waals surface area contributed by atoms with Crippen LogP contribution in [-0.4, -0.2) is 44.9 Å². The van der Waals surface area contributed by atoms with Gasteiger partial charge in [-0.25, -0.2) is 9.89 Å². The molecule has 200 valence electrons. The number of hydrogen-bond acceptors (Lipinski definition) is 7. The second kappa shape index (κ2) is 10.3. The van der Waals surface area contributed by atoms with E-state index < -0.39 is 11.7 Å². The summed E-state index contributed by atoms with van der Waals surface area (Å²) in [5.41, 5.74) is 4.37. The van der Waals surface area contributed by atoms with Gasteiger partial charge >= 0.3 is 6.09 Å². The van der Waals surface area contributed by atoms with Crippen molar-refractivity contribution < 1.29 is 14.3 Å². The lowest BCUT2D eigenvalue weighted by molar-refractivity contribution is 0.0523. The van der Waals surface area contributed by atoms with E-state index in [9.17, 15) is 14.9 Å². The number of hydrogen-bond donors (Lipinski definition) is 2. The van der Waals surface area contributed by atoms with Crippen molar-refractivity contribution in [3.8, 4) is 28.5 Å².